The van der Waals surface area contributed by atoms with Crippen molar-refractivity contribution in [3.05, 3.63) is 119 Å². The topological polar surface area (TPSA) is 200 Å². The van der Waals surface area contributed by atoms with E-state index >= 15 is 4.39 Å². The van der Waals surface area contributed by atoms with Crippen LogP contribution in [0.1, 0.15) is 23.0 Å². The van der Waals surface area contributed by atoms with Gasteiger partial charge >= 0.3 is 17.9 Å². The molecule has 0 saturated carbocycles. The highest BCUT2D eigenvalue weighted by Crippen LogP contribution is 2.33. The number of aliphatic carboxylic acids is 2. The lowest BCUT2D eigenvalue weighted by molar-refractivity contribution is -0.147. The van der Waals surface area contributed by atoms with Crippen molar-refractivity contribution in [2.45, 2.75) is 26.5 Å². The van der Waals surface area contributed by atoms with Crippen molar-refractivity contribution in [3.8, 4) is 22.9 Å². The first-order valence-corrected chi connectivity index (χ1v) is 15.9. The van der Waals surface area contributed by atoms with Crippen LogP contribution in [0.15, 0.2) is 95.9 Å². The number of carbonyl (C=O) groups excluding carboxylic acids is 2. The highest BCUT2D eigenvalue weighted by atomic mass is 19.1. The summed E-state index contributed by atoms with van der Waals surface area (Å²) in [6.07, 6.45) is 2.06. The van der Waals surface area contributed by atoms with Gasteiger partial charge in [-0.05, 0) is 63.4 Å². The Bertz CT molecular complexity index is 2200. The van der Waals surface area contributed by atoms with Gasteiger partial charge in [0.25, 0.3) is 11.5 Å². The van der Waals surface area contributed by atoms with Crippen molar-refractivity contribution < 1.29 is 48.0 Å². The van der Waals surface area contributed by atoms with E-state index in [1.165, 1.54) is 16.8 Å². The molecule has 2 heterocycles. The van der Waals surface area contributed by atoms with Gasteiger partial charge < -0.3 is 35.1 Å². The van der Waals surface area contributed by atoms with E-state index in [2.05, 4.69) is 15.6 Å². The van der Waals surface area contributed by atoms with Crippen LogP contribution in [0.2, 0.25) is 0 Å². The Balaban J connectivity index is 0.000000703. The molecule has 0 bridgehead atoms. The van der Waals surface area contributed by atoms with Crippen LogP contribution < -0.4 is 25.7 Å². The summed E-state index contributed by atoms with van der Waals surface area (Å²) in [7, 11) is 3.19. The number of amides is 1. The quantitative estimate of drug-likeness (QED) is 0.0975. The average molecular weight is 730 g/mol. The SMILES string of the molecule is CNCC(=O)O[C@H](C)Cn1c(C)c(C(=O)Nc2ccc(Oc3ccnc4cc(OC)ccc34)c(F)c2)c(=O)n1-c1ccccc1.O=C(O)/C=C\C(=O)O. The minimum absolute atomic E-state index is 0.0307. The molecule has 0 aliphatic rings. The number of anilines is 1. The third-order valence-corrected chi connectivity index (χ3v) is 7.40. The first-order valence-electron chi connectivity index (χ1n) is 15.9. The summed E-state index contributed by atoms with van der Waals surface area (Å²) in [6, 6.07) is 19.7. The Morgan fingerprint density at radius 3 is 2.28 bits per heavy atom. The number of nitrogens with one attached hydrogen (secondary N) is 2. The van der Waals surface area contributed by atoms with Crippen molar-refractivity contribution >= 4 is 40.4 Å². The third kappa shape index (κ3) is 10.1. The van der Waals surface area contributed by atoms with Crippen LogP contribution in [0, 0.1) is 12.7 Å². The van der Waals surface area contributed by atoms with Gasteiger partial charge in [0.05, 0.1) is 37.1 Å². The lowest BCUT2D eigenvalue weighted by Gasteiger charge is -2.18. The minimum atomic E-state index is -1.26. The number of ether oxygens (including phenoxy) is 3. The van der Waals surface area contributed by atoms with Crippen molar-refractivity contribution in [1.29, 1.82) is 0 Å². The third-order valence-electron chi connectivity index (χ3n) is 7.40. The van der Waals surface area contributed by atoms with E-state index in [9.17, 15) is 24.0 Å². The van der Waals surface area contributed by atoms with Crippen LogP contribution in [0.5, 0.6) is 17.2 Å². The predicted molar refractivity (Wildman–Crippen MR) is 191 cm³/mol. The smallest absolute Gasteiger partial charge is 0.328 e. The number of benzene rings is 3. The second kappa shape index (κ2) is 17.9. The standard InChI is InChI=1S/C33H32FN5O6.C4H4O4/c1-20(44-30(40)18-35-3)19-38-21(2)31(33(42)39(38)23-8-6-5-7-9-23)32(41)37-22-10-13-29(26(34)16-22)45-28-14-15-36-27-17-24(43-4)11-12-25(27)28;5-3(6)1-2-4(7)8/h5-17,20,35H,18-19H2,1-4H3,(H,37,41);1-2H,(H,5,6)(H,7,8)/b;2-1-/t20-;/m1./s1. The Labute approximate surface area is 301 Å². The number of carboxylic acid groups (broad SMARTS) is 2. The van der Waals surface area contributed by atoms with E-state index < -0.39 is 41.3 Å². The number of likely N-dealkylation sites (N-methyl/N-ethyl adjacent to an activating group) is 1. The fourth-order valence-electron chi connectivity index (χ4n) is 5.08. The van der Waals surface area contributed by atoms with Crippen molar-refractivity contribution in [2.24, 2.45) is 0 Å². The Kier molecular flexibility index (Phi) is 13.2. The van der Waals surface area contributed by atoms with Crippen molar-refractivity contribution in [3.63, 3.8) is 0 Å². The Hall–Kier alpha value is -6.81. The van der Waals surface area contributed by atoms with E-state index in [0.717, 1.165) is 6.07 Å². The van der Waals surface area contributed by atoms with E-state index in [-0.39, 0.29) is 30.1 Å². The number of esters is 1. The molecule has 16 heteroatoms. The van der Waals surface area contributed by atoms with Crippen molar-refractivity contribution in [1.82, 2.24) is 19.7 Å². The van der Waals surface area contributed by atoms with Gasteiger partial charge in [0, 0.05) is 41.6 Å². The highest BCUT2D eigenvalue weighted by Gasteiger charge is 2.26. The molecule has 0 spiro atoms. The van der Waals surface area contributed by atoms with Gasteiger partial charge in [0.1, 0.15) is 23.2 Å². The van der Waals surface area contributed by atoms with Crippen LogP contribution in [0.3, 0.4) is 0 Å². The zero-order chi connectivity index (χ0) is 38.7. The summed E-state index contributed by atoms with van der Waals surface area (Å²) in [5, 5.41) is 21.7. The van der Waals surface area contributed by atoms with Gasteiger partial charge in [-0.25, -0.2) is 18.7 Å². The molecule has 5 aromatic rings. The second-order valence-corrected chi connectivity index (χ2v) is 11.2. The number of pyridine rings is 1. The number of para-hydroxylation sites is 1. The van der Waals surface area contributed by atoms with Crippen LogP contribution in [-0.4, -0.2) is 75.2 Å². The largest absolute Gasteiger partial charge is 0.497 e. The van der Waals surface area contributed by atoms with Crippen LogP contribution >= 0.6 is 0 Å². The summed E-state index contributed by atoms with van der Waals surface area (Å²) < 4.78 is 34.7. The van der Waals surface area contributed by atoms with Gasteiger partial charge in [-0.15, -0.1) is 0 Å². The molecule has 276 valence electrons. The van der Waals surface area contributed by atoms with Gasteiger partial charge in [-0.2, -0.15) is 0 Å². The van der Waals surface area contributed by atoms with E-state index in [1.807, 2.05) is 0 Å². The zero-order valence-electron chi connectivity index (χ0n) is 29.0. The first kappa shape index (κ1) is 39.0. The predicted octanol–water partition coefficient (Wildman–Crippen LogP) is 4.55. The lowest BCUT2D eigenvalue weighted by Crippen LogP contribution is -2.30. The zero-order valence-corrected chi connectivity index (χ0v) is 29.0. The fraction of sp³-hybridized carbons (Fsp3) is 0.189. The van der Waals surface area contributed by atoms with E-state index in [1.54, 1.807) is 93.5 Å². The summed E-state index contributed by atoms with van der Waals surface area (Å²) in [4.78, 5) is 62.6. The number of carbonyl (C=O) groups is 4. The first-order chi connectivity index (χ1) is 25.3. The van der Waals surface area contributed by atoms with Gasteiger partial charge in [-0.1, -0.05) is 18.2 Å². The summed E-state index contributed by atoms with van der Waals surface area (Å²) in [5.74, 6) is -3.45. The van der Waals surface area contributed by atoms with Gasteiger partial charge in [0.2, 0.25) is 0 Å². The maximum Gasteiger partial charge on any atom is 0.328 e. The molecule has 15 nitrogen and oxygen atoms in total. The number of rotatable bonds is 13. The average Bonchev–Trinajstić information content (AvgIpc) is 3.36. The lowest BCUT2D eigenvalue weighted by atomic mass is 10.2. The normalized spacial score (nSPS) is 11.3. The van der Waals surface area contributed by atoms with Gasteiger partial charge in [0.15, 0.2) is 11.6 Å². The molecule has 0 unspecified atom stereocenters. The molecule has 0 aliphatic carbocycles. The summed E-state index contributed by atoms with van der Waals surface area (Å²) >= 11 is 0. The van der Waals surface area contributed by atoms with Gasteiger partial charge in [-0.3, -0.25) is 24.0 Å². The summed E-state index contributed by atoms with van der Waals surface area (Å²) in [6.45, 7) is 3.47. The maximum absolute atomic E-state index is 15.2. The number of hydrogen-bond donors (Lipinski definition) is 4. The number of halogens is 1. The molecule has 1 amide bonds. The number of methoxy groups -OCH3 is 1. The molecule has 0 aliphatic heterocycles. The second-order valence-electron chi connectivity index (χ2n) is 11.2. The summed E-state index contributed by atoms with van der Waals surface area (Å²) in [5.41, 5.74) is 0.901. The van der Waals surface area contributed by atoms with Crippen LogP contribution in [0.25, 0.3) is 16.6 Å². The van der Waals surface area contributed by atoms with E-state index in [0.29, 0.717) is 45.9 Å². The number of nitrogens with zero attached hydrogens (tertiary/aromatic N) is 3. The Morgan fingerprint density at radius 2 is 1.66 bits per heavy atom. The molecule has 0 radical (unpaired) electrons. The molecule has 3 aromatic carbocycles. The molecule has 1 atom stereocenters. The van der Waals surface area contributed by atoms with Crippen LogP contribution in [0.4, 0.5) is 10.1 Å². The molecule has 0 saturated heterocycles. The Morgan fingerprint density at radius 1 is 0.962 bits per heavy atom. The number of aromatic nitrogens is 3. The highest BCUT2D eigenvalue weighted by molar-refractivity contribution is 6.05. The maximum atomic E-state index is 15.2. The molecular weight excluding hydrogens is 693 g/mol. The molecule has 2 aromatic heterocycles. The number of hydrogen-bond acceptors (Lipinski definition) is 10. The minimum Gasteiger partial charge on any atom is -0.497 e. The number of carboxylic acids is 2. The molecule has 53 heavy (non-hydrogen) atoms. The fourth-order valence-corrected chi connectivity index (χ4v) is 5.08. The van der Waals surface area contributed by atoms with E-state index in [4.69, 9.17) is 24.4 Å². The monoisotopic (exact) mass is 729 g/mol. The molecule has 5 rings (SSSR count). The molecule has 0 fully saturated rings. The number of fused-ring (bicyclic) bond motifs is 1. The van der Waals surface area contributed by atoms with Crippen molar-refractivity contribution in [2.75, 3.05) is 26.0 Å². The van der Waals surface area contributed by atoms with Crippen LogP contribution in [-0.2, 0) is 25.7 Å². The molecular formula is C37H36FN5O10. The molecule has 4 N–H and O–H groups in total.